The van der Waals surface area contributed by atoms with Crippen LogP contribution in [0.25, 0.3) is 0 Å². The van der Waals surface area contributed by atoms with Gasteiger partial charge in [-0.15, -0.1) is 0 Å². The maximum Gasteiger partial charge on any atom is 0.187 e. The molecule has 0 bridgehead atoms. The standard InChI is InChI=1S/C16H21N5OS/c1-11-15(12(2)21(3)20-11)10-18-19-16(23)17-9-13-5-7-14(22-4)8-6-13/h5-8,10H,9H2,1-4H3,(H2,17,19,23)/b18-10-. The molecule has 2 rings (SSSR count). The molecule has 0 amide bonds. The Bertz CT molecular complexity index is 706. The Morgan fingerprint density at radius 3 is 2.61 bits per heavy atom. The summed E-state index contributed by atoms with van der Waals surface area (Å²) in [6.07, 6.45) is 1.74. The average Bonchev–Trinajstić information content (AvgIpc) is 2.79. The Balaban J connectivity index is 1.83. The van der Waals surface area contributed by atoms with Gasteiger partial charge in [0.2, 0.25) is 0 Å². The van der Waals surface area contributed by atoms with Gasteiger partial charge in [0.1, 0.15) is 5.75 Å². The predicted molar refractivity (Wildman–Crippen MR) is 95.8 cm³/mol. The van der Waals surface area contributed by atoms with E-state index in [1.165, 1.54) is 0 Å². The molecule has 2 aromatic rings. The van der Waals surface area contributed by atoms with E-state index in [4.69, 9.17) is 17.0 Å². The number of nitrogens with one attached hydrogen (secondary N) is 2. The summed E-state index contributed by atoms with van der Waals surface area (Å²) in [5.74, 6) is 0.835. The molecule has 0 spiro atoms. The van der Waals surface area contributed by atoms with Gasteiger partial charge in [0, 0.05) is 24.8 Å². The van der Waals surface area contributed by atoms with Gasteiger partial charge in [-0.3, -0.25) is 10.1 Å². The number of benzene rings is 1. The lowest BCUT2D eigenvalue weighted by atomic mass is 10.2. The minimum Gasteiger partial charge on any atom is -0.497 e. The fourth-order valence-electron chi connectivity index (χ4n) is 2.10. The third kappa shape index (κ3) is 4.53. The van der Waals surface area contributed by atoms with Crippen molar-refractivity contribution in [3.8, 4) is 5.75 Å². The summed E-state index contributed by atoms with van der Waals surface area (Å²) in [6.45, 7) is 4.58. The van der Waals surface area contributed by atoms with Crippen molar-refractivity contribution in [2.24, 2.45) is 12.1 Å². The van der Waals surface area contributed by atoms with Gasteiger partial charge in [0.05, 0.1) is 19.0 Å². The van der Waals surface area contributed by atoms with Crippen LogP contribution in [-0.4, -0.2) is 28.2 Å². The van der Waals surface area contributed by atoms with E-state index in [1.807, 2.05) is 49.8 Å². The first-order valence-electron chi connectivity index (χ1n) is 7.21. The summed E-state index contributed by atoms with van der Waals surface area (Å²) in [7, 11) is 3.56. The van der Waals surface area contributed by atoms with Crippen LogP contribution < -0.4 is 15.5 Å². The van der Waals surface area contributed by atoms with Crippen molar-refractivity contribution < 1.29 is 4.74 Å². The Hall–Kier alpha value is -2.41. The smallest absolute Gasteiger partial charge is 0.187 e. The number of nitrogens with zero attached hydrogens (tertiary/aromatic N) is 3. The Morgan fingerprint density at radius 1 is 1.35 bits per heavy atom. The number of ether oxygens (including phenoxy) is 1. The minimum absolute atomic E-state index is 0.469. The van der Waals surface area contributed by atoms with E-state index in [1.54, 1.807) is 13.3 Å². The molecule has 0 aliphatic heterocycles. The van der Waals surface area contributed by atoms with Gasteiger partial charge in [-0.05, 0) is 43.8 Å². The van der Waals surface area contributed by atoms with Crippen LogP contribution in [0.3, 0.4) is 0 Å². The van der Waals surface area contributed by atoms with Gasteiger partial charge < -0.3 is 10.1 Å². The highest BCUT2D eigenvalue weighted by atomic mass is 32.1. The van der Waals surface area contributed by atoms with Crippen LogP contribution in [-0.2, 0) is 13.6 Å². The number of hydrogen-bond donors (Lipinski definition) is 2. The third-order valence-corrected chi connectivity index (χ3v) is 3.77. The molecule has 0 saturated heterocycles. The van der Waals surface area contributed by atoms with Crippen LogP contribution in [0, 0.1) is 13.8 Å². The largest absolute Gasteiger partial charge is 0.497 e. The van der Waals surface area contributed by atoms with Crippen LogP contribution in [0.2, 0.25) is 0 Å². The van der Waals surface area contributed by atoms with Crippen molar-refractivity contribution in [2.75, 3.05) is 7.11 Å². The molecule has 0 aliphatic carbocycles. The number of methoxy groups -OCH3 is 1. The normalized spacial score (nSPS) is 10.8. The zero-order valence-electron chi connectivity index (χ0n) is 13.8. The molecule has 0 unspecified atom stereocenters. The first kappa shape index (κ1) is 17.0. The molecule has 6 nitrogen and oxygen atoms in total. The molecule has 0 aliphatic rings. The van der Waals surface area contributed by atoms with Crippen molar-refractivity contribution in [2.45, 2.75) is 20.4 Å². The fraction of sp³-hybridized carbons (Fsp3) is 0.312. The molecule has 0 radical (unpaired) electrons. The van der Waals surface area contributed by atoms with Gasteiger partial charge in [-0.2, -0.15) is 10.2 Å². The molecule has 1 heterocycles. The third-order valence-electron chi connectivity index (χ3n) is 3.54. The van der Waals surface area contributed by atoms with Crippen molar-refractivity contribution in [1.29, 1.82) is 0 Å². The topological polar surface area (TPSA) is 63.5 Å². The Labute approximate surface area is 141 Å². The number of aryl methyl sites for hydroxylation is 2. The van der Waals surface area contributed by atoms with Crippen LogP contribution in [0.5, 0.6) is 5.75 Å². The maximum atomic E-state index is 5.21. The highest BCUT2D eigenvalue weighted by Gasteiger charge is 2.06. The van der Waals surface area contributed by atoms with Gasteiger partial charge in [-0.1, -0.05) is 12.1 Å². The summed E-state index contributed by atoms with van der Waals surface area (Å²) in [5, 5.41) is 12.1. The van der Waals surface area contributed by atoms with Crippen molar-refractivity contribution in [1.82, 2.24) is 20.5 Å². The minimum atomic E-state index is 0.469. The molecular formula is C16H21N5OS. The number of thiocarbonyl (C=S) groups is 1. The molecule has 1 aromatic carbocycles. The fourth-order valence-corrected chi connectivity index (χ4v) is 2.22. The molecule has 23 heavy (non-hydrogen) atoms. The quantitative estimate of drug-likeness (QED) is 0.499. The number of aromatic nitrogens is 2. The zero-order valence-corrected chi connectivity index (χ0v) is 14.6. The average molecular weight is 331 g/mol. The summed E-state index contributed by atoms with van der Waals surface area (Å²) in [6, 6.07) is 7.80. The van der Waals surface area contributed by atoms with Crippen molar-refractivity contribution >= 4 is 23.5 Å². The van der Waals surface area contributed by atoms with Crippen molar-refractivity contribution in [3.05, 3.63) is 46.8 Å². The Morgan fingerprint density at radius 2 is 2.04 bits per heavy atom. The van der Waals surface area contributed by atoms with E-state index in [0.717, 1.165) is 28.3 Å². The number of hydrogen-bond acceptors (Lipinski definition) is 4. The van der Waals surface area contributed by atoms with Gasteiger partial charge in [0.25, 0.3) is 0 Å². The van der Waals surface area contributed by atoms with E-state index >= 15 is 0 Å². The van der Waals surface area contributed by atoms with Crippen LogP contribution in [0.15, 0.2) is 29.4 Å². The number of rotatable bonds is 5. The first-order chi connectivity index (χ1) is 11.0. The summed E-state index contributed by atoms with van der Waals surface area (Å²) in [5.41, 5.74) is 6.92. The van der Waals surface area contributed by atoms with Crippen LogP contribution in [0.1, 0.15) is 22.5 Å². The maximum absolute atomic E-state index is 5.21. The lowest BCUT2D eigenvalue weighted by molar-refractivity contribution is 0.414. The lowest BCUT2D eigenvalue weighted by Gasteiger charge is -2.07. The molecule has 2 N–H and O–H groups in total. The molecule has 1 aromatic heterocycles. The number of hydrazone groups is 1. The van der Waals surface area contributed by atoms with E-state index in [0.29, 0.717) is 11.7 Å². The Kier molecular flexibility index (Phi) is 5.70. The van der Waals surface area contributed by atoms with E-state index in [2.05, 4.69) is 20.9 Å². The molecule has 7 heteroatoms. The summed E-state index contributed by atoms with van der Waals surface area (Å²) in [4.78, 5) is 0. The predicted octanol–water partition coefficient (Wildman–Crippen LogP) is 2.04. The first-order valence-corrected chi connectivity index (χ1v) is 7.62. The zero-order chi connectivity index (χ0) is 16.8. The molecular weight excluding hydrogens is 310 g/mol. The van der Waals surface area contributed by atoms with Gasteiger partial charge in [0.15, 0.2) is 5.11 Å². The van der Waals surface area contributed by atoms with Crippen LogP contribution in [0.4, 0.5) is 0 Å². The highest BCUT2D eigenvalue weighted by Crippen LogP contribution is 2.11. The van der Waals surface area contributed by atoms with E-state index < -0.39 is 0 Å². The van der Waals surface area contributed by atoms with Gasteiger partial charge >= 0.3 is 0 Å². The van der Waals surface area contributed by atoms with Crippen molar-refractivity contribution in [3.63, 3.8) is 0 Å². The molecule has 0 saturated carbocycles. The molecule has 0 fully saturated rings. The highest BCUT2D eigenvalue weighted by molar-refractivity contribution is 7.80. The van der Waals surface area contributed by atoms with E-state index in [-0.39, 0.29) is 0 Å². The van der Waals surface area contributed by atoms with E-state index in [9.17, 15) is 0 Å². The SMILES string of the molecule is COc1ccc(CNC(=S)N/N=C\c2c(C)nn(C)c2C)cc1. The second-order valence-corrected chi connectivity index (χ2v) is 5.52. The molecule has 122 valence electrons. The van der Waals surface area contributed by atoms with Crippen LogP contribution >= 0.6 is 12.2 Å². The summed E-state index contributed by atoms with van der Waals surface area (Å²) < 4.78 is 6.96. The van der Waals surface area contributed by atoms with Gasteiger partial charge in [-0.25, -0.2) is 0 Å². The summed E-state index contributed by atoms with van der Waals surface area (Å²) >= 11 is 5.21. The second-order valence-electron chi connectivity index (χ2n) is 5.11. The molecule has 0 atom stereocenters. The monoisotopic (exact) mass is 331 g/mol. The second kappa shape index (κ2) is 7.73. The lowest BCUT2D eigenvalue weighted by Crippen LogP contribution is -2.31.